The summed E-state index contributed by atoms with van der Waals surface area (Å²) in [5.74, 6) is 0.481. The fourth-order valence-corrected chi connectivity index (χ4v) is 4.79. The van der Waals surface area contributed by atoms with Gasteiger partial charge in [0, 0.05) is 18.3 Å². The average molecular weight is 432 g/mol. The molecule has 0 spiro atoms. The van der Waals surface area contributed by atoms with Gasteiger partial charge in [-0.3, -0.25) is 4.79 Å². The number of benzene rings is 1. The molecule has 4 rings (SSSR count). The van der Waals surface area contributed by atoms with Gasteiger partial charge in [-0.15, -0.1) is 0 Å². The van der Waals surface area contributed by atoms with Crippen LogP contribution in [0.1, 0.15) is 36.8 Å². The van der Waals surface area contributed by atoms with Crippen LogP contribution in [0.15, 0.2) is 30.6 Å². The molecule has 8 heteroatoms. The summed E-state index contributed by atoms with van der Waals surface area (Å²) in [6.45, 7) is 2.72. The minimum atomic E-state index is -0.489. The minimum absolute atomic E-state index is 0.000537. The predicted octanol–water partition coefficient (Wildman–Crippen LogP) is 3.02. The number of nitrogens with two attached hydrogens (primary N) is 1. The number of nitrogens with zero attached hydrogens (tertiary/aromatic N) is 3. The van der Waals surface area contributed by atoms with Crippen LogP contribution in [0.4, 0.5) is 17.3 Å². The van der Waals surface area contributed by atoms with Crippen LogP contribution in [-0.2, 0) is 16.1 Å². The van der Waals surface area contributed by atoms with Crippen LogP contribution < -0.4 is 16.0 Å². The quantitative estimate of drug-likeness (QED) is 0.558. The maximum Gasteiger partial charge on any atom is 0.235 e. The van der Waals surface area contributed by atoms with Crippen molar-refractivity contribution in [2.75, 3.05) is 23.1 Å². The second-order valence-corrected chi connectivity index (χ2v) is 8.27. The third-order valence-corrected chi connectivity index (χ3v) is 6.26. The first-order valence-corrected chi connectivity index (χ1v) is 9.79. The van der Waals surface area contributed by atoms with Gasteiger partial charge in [0.2, 0.25) is 5.91 Å². The Kier molecular flexibility index (Phi) is 4.55. The van der Waals surface area contributed by atoms with Gasteiger partial charge in [0.1, 0.15) is 28.8 Å². The maximum atomic E-state index is 13.1. The van der Waals surface area contributed by atoms with Gasteiger partial charge in [0.25, 0.3) is 0 Å². The molecule has 2 aromatic rings. The summed E-state index contributed by atoms with van der Waals surface area (Å²) in [6, 6.07) is 7.61. The Morgan fingerprint density at radius 3 is 2.70 bits per heavy atom. The van der Waals surface area contributed by atoms with Crippen molar-refractivity contribution in [2.45, 2.75) is 42.8 Å². The topological polar surface area (TPSA) is 93.4 Å². The van der Waals surface area contributed by atoms with E-state index in [2.05, 4.69) is 43.0 Å². The van der Waals surface area contributed by atoms with E-state index >= 15 is 0 Å². The number of carbonyl (C=O) groups excluding carboxylic acids is 1. The SMILES string of the molecule is COCc1ccc(NC(=O)C2c3c(N)ncnc3N(C3(C)CC3)C2Br)cc1. The summed E-state index contributed by atoms with van der Waals surface area (Å²) in [4.78, 5) is 23.7. The first-order valence-electron chi connectivity index (χ1n) is 8.87. The molecule has 3 N–H and O–H groups in total. The highest BCUT2D eigenvalue weighted by molar-refractivity contribution is 9.09. The number of rotatable bonds is 5. The highest BCUT2D eigenvalue weighted by atomic mass is 79.9. The van der Waals surface area contributed by atoms with E-state index in [1.54, 1.807) is 7.11 Å². The molecule has 2 heterocycles. The van der Waals surface area contributed by atoms with E-state index in [0.29, 0.717) is 18.0 Å². The number of anilines is 3. The molecule has 0 saturated heterocycles. The smallest absolute Gasteiger partial charge is 0.235 e. The van der Waals surface area contributed by atoms with Crippen molar-refractivity contribution in [3.8, 4) is 0 Å². The van der Waals surface area contributed by atoms with Gasteiger partial charge >= 0.3 is 0 Å². The molecule has 1 saturated carbocycles. The van der Waals surface area contributed by atoms with E-state index in [1.165, 1.54) is 6.33 Å². The van der Waals surface area contributed by atoms with Crippen LogP contribution in [0.2, 0.25) is 0 Å². The number of alkyl halides is 1. The monoisotopic (exact) mass is 431 g/mol. The maximum absolute atomic E-state index is 13.1. The lowest BCUT2D eigenvalue weighted by molar-refractivity contribution is -0.117. The number of amides is 1. The summed E-state index contributed by atoms with van der Waals surface area (Å²) in [7, 11) is 1.65. The predicted molar refractivity (Wildman–Crippen MR) is 108 cm³/mol. The second-order valence-electron chi connectivity index (χ2n) is 7.33. The Hall–Kier alpha value is -2.19. The van der Waals surface area contributed by atoms with Gasteiger partial charge < -0.3 is 20.7 Å². The van der Waals surface area contributed by atoms with Gasteiger partial charge in [-0.25, -0.2) is 9.97 Å². The zero-order chi connectivity index (χ0) is 19.2. The Balaban J connectivity index is 1.62. The molecular weight excluding hydrogens is 410 g/mol. The highest BCUT2D eigenvalue weighted by Gasteiger charge is 2.55. The van der Waals surface area contributed by atoms with Crippen LogP contribution in [0.3, 0.4) is 0 Å². The number of nitrogens with one attached hydrogen (secondary N) is 1. The third kappa shape index (κ3) is 3.17. The summed E-state index contributed by atoms with van der Waals surface area (Å²) in [6.07, 6.45) is 3.59. The molecule has 7 nitrogen and oxygen atoms in total. The molecule has 2 atom stereocenters. The zero-order valence-corrected chi connectivity index (χ0v) is 16.9. The number of nitrogen functional groups attached to an aromatic ring is 1. The van der Waals surface area contributed by atoms with Crippen LogP contribution in [-0.4, -0.2) is 33.5 Å². The van der Waals surface area contributed by atoms with E-state index in [-0.39, 0.29) is 16.4 Å². The Morgan fingerprint density at radius 1 is 1.37 bits per heavy atom. The van der Waals surface area contributed by atoms with Crippen LogP contribution in [0, 0.1) is 0 Å². The Morgan fingerprint density at radius 2 is 2.07 bits per heavy atom. The minimum Gasteiger partial charge on any atom is -0.383 e. The lowest BCUT2D eigenvalue weighted by atomic mass is 10.0. The van der Waals surface area contributed by atoms with Crippen molar-refractivity contribution in [3.05, 3.63) is 41.7 Å². The molecule has 27 heavy (non-hydrogen) atoms. The van der Waals surface area contributed by atoms with Gasteiger partial charge in [-0.05, 0) is 37.5 Å². The van der Waals surface area contributed by atoms with Crippen molar-refractivity contribution in [1.29, 1.82) is 0 Å². The lowest BCUT2D eigenvalue weighted by Gasteiger charge is -2.31. The Bertz CT molecular complexity index is 869. The number of aromatic nitrogens is 2. The molecule has 2 unspecified atom stereocenters. The molecule has 1 aromatic carbocycles. The van der Waals surface area contributed by atoms with Gasteiger partial charge in [0.05, 0.1) is 12.2 Å². The average Bonchev–Trinajstić information content (AvgIpc) is 3.29. The second kappa shape index (κ2) is 6.76. The molecule has 1 aromatic heterocycles. The van der Waals surface area contributed by atoms with Crippen LogP contribution in [0.5, 0.6) is 0 Å². The first-order chi connectivity index (χ1) is 12.9. The summed E-state index contributed by atoms with van der Waals surface area (Å²) in [5, 5.41) is 3.00. The summed E-state index contributed by atoms with van der Waals surface area (Å²) in [5.41, 5.74) is 8.61. The summed E-state index contributed by atoms with van der Waals surface area (Å²) < 4.78 is 5.12. The molecular formula is C19H22BrN5O2. The third-order valence-electron chi connectivity index (χ3n) is 5.32. The molecule has 142 valence electrons. The Labute approximate surface area is 166 Å². The van der Waals surface area contributed by atoms with Crippen LogP contribution >= 0.6 is 15.9 Å². The fraction of sp³-hybridized carbons (Fsp3) is 0.421. The van der Waals surface area contributed by atoms with Gasteiger partial charge in [-0.2, -0.15) is 0 Å². The molecule has 0 radical (unpaired) electrons. The van der Waals surface area contributed by atoms with Crippen molar-refractivity contribution in [1.82, 2.24) is 9.97 Å². The number of ether oxygens (including phenoxy) is 1. The highest BCUT2D eigenvalue weighted by Crippen LogP contribution is 2.54. The number of carbonyl (C=O) groups is 1. The molecule has 0 bridgehead atoms. The van der Waals surface area contributed by atoms with E-state index < -0.39 is 5.92 Å². The van der Waals surface area contributed by atoms with E-state index in [9.17, 15) is 4.79 Å². The molecule has 1 aliphatic heterocycles. The normalized spacial score (nSPS) is 22.4. The number of hydrogen-bond donors (Lipinski definition) is 2. The van der Waals surface area contributed by atoms with Crippen molar-refractivity contribution >= 4 is 39.2 Å². The molecule has 1 aliphatic carbocycles. The van der Waals surface area contributed by atoms with E-state index in [0.717, 1.165) is 29.9 Å². The molecule has 2 aliphatic rings. The zero-order valence-electron chi connectivity index (χ0n) is 15.3. The number of methoxy groups -OCH3 is 1. The fourth-order valence-electron chi connectivity index (χ4n) is 3.60. The summed E-state index contributed by atoms with van der Waals surface area (Å²) >= 11 is 3.73. The number of fused-ring (bicyclic) bond motifs is 1. The van der Waals surface area contributed by atoms with Crippen molar-refractivity contribution in [3.63, 3.8) is 0 Å². The van der Waals surface area contributed by atoms with Crippen molar-refractivity contribution in [2.24, 2.45) is 0 Å². The number of halogens is 1. The largest absolute Gasteiger partial charge is 0.383 e. The molecule has 1 amide bonds. The van der Waals surface area contributed by atoms with E-state index in [4.69, 9.17) is 10.5 Å². The lowest BCUT2D eigenvalue weighted by Crippen LogP contribution is -2.41. The first kappa shape index (κ1) is 18.2. The number of hydrogen-bond acceptors (Lipinski definition) is 6. The standard InChI is InChI=1S/C19H22BrN5O2/c1-19(7-8-19)25-15(20)13(14-16(21)22-10-23-17(14)25)18(26)24-12-5-3-11(4-6-12)9-27-2/h3-6,10,13,15H,7-9H2,1-2H3,(H,24,26)(H2,21,22,23). The molecule has 1 fully saturated rings. The van der Waals surface area contributed by atoms with Gasteiger partial charge in [0.15, 0.2) is 0 Å². The van der Waals surface area contributed by atoms with Crippen molar-refractivity contribution < 1.29 is 9.53 Å². The van der Waals surface area contributed by atoms with E-state index in [1.807, 2.05) is 24.3 Å². The van der Waals surface area contributed by atoms with Gasteiger partial charge in [-0.1, -0.05) is 28.1 Å². The van der Waals surface area contributed by atoms with Crippen LogP contribution in [0.25, 0.3) is 0 Å².